The van der Waals surface area contributed by atoms with E-state index in [-0.39, 0.29) is 16.8 Å². The van der Waals surface area contributed by atoms with Gasteiger partial charge >= 0.3 is 0 Å². The van der Waals surface area contributed by atoms with E-state index in [1.165, 1.54) is 42.6 Å². The van der Waals surface area contributed by atoms with Gasteiger partial charge in [0.25, 0.3) is 11.8 Å². The summed E-state index contributed by atoms with van der Waals surface area (Å²) in [5.41, 5.74) is 1.25. The summed E-state index contributed by atoms with van der Waals surface area (Å²) in [5.74, 6) is -1.35. The molecular formula is C18H14ClFN4O2. The number of aryl methyl sites for hydroxylation is 1. The van der Waals surface area contributed by atoms with Crippen molar-refractivity contribution in [3.8, 4) is 0 Å². The number of hydrogen-bond acceptors (Lipinski definition) is 3. The number of nitrogens with one attached hydrogen (secondary N) is 2. The summed E-state index contributed by atoms with van der Waals surface area (Å²) in [6.07, 6.45) is 3.15. The summed E-state index contributed by atoms with van der Waals surface area (Å²) in [5, 5.41) is 9.66. The van der Waals surface area contributed by atoms with Crippen LogP contribution in [0, 0.1) is 5.82 Å². The molecule has 0 fully saturated rings. The van der Waals surface area contributed by atoms with Gasteiger partial charge < -0.3 is 10.6 Å². The van der Waals surface area contributed by atoms with Crippen molar-refractivity contribution in [2.75, 3.05) is 10.6 Å². The Balaban J connectivity index is 1.84. The molecule has 0 aliphatic carbocycles. The summed E-state index contributed by atoms with van der Waals surface area (Å²) in [7, 11) is 1.73. The highest BCUT2D eigenvalue weighted by atomic mass is 35.5. The number of hydrogen-bond donors (Lipinski definition) is 2. The number of carbonyl (C=O) groups is 2. The molecule has 0 aliphatic rings. The number of rotatable bonds is 4. The summed E-state index contributed by atoms with van der Waals surface area (Å²) in [6, 6.07) is 9.60. The van der Waals surface area contributed by atoms with Crippen LogP contribution in [0.5, 0.6) is 0 Å². The Morgan fingerprint density at radius 1 is 1.08 bits per heavy atom. The third kappa shape index (κ3) is 4.07. The quantitative estimate of drug-likeness (QED) is 0.732. The Morgan fingerprint density at radius 2 is 1.81 bits per heavy atom. The number of aromatic nitrogens is 2. The van der Waals surface area contributed by atoms with Crippen LogP contribution in [-0.2, 0) is 7.05 Å². The normalized spacial score (nSPS) is 10.4. The Labute approximate surface area is 153 Å². The summed E-state index contributed by atoms with van der Waals surface area (Å²) < 4.78 is 14.5. The molecule has 6 nitrogen and oxygen atoms in total. The fraction of sp³-hybridized carbons (Fsp3) is 0.0556. The van der Waals surface area contributed by atoms with E-state index in [1.54, 1.807) is 24.0 Å². The van der Waals surface area contributed by atoms with Crippen LogP contribution >= 0.6 is 11.6 Å². The Kier molecular flexibility index (Phi) is 4.99. The molecule has 2 N–H and O–H groups in total. The van der Waals surface area contributed by atoms with E-state index in [9.17, 15) is 14.0 Å². The van der Waals surface area contributed by atoms with Crippen molar-refractivity contribution in [1.82, 2.24) is 9.78 Å². The van der Waals surface area contributed by atoms with Crippen molar-refractivity contribution in [3.63, 3.8) is 0 Å². The average Bonchev–Trinajstić information content (AvgIpc) is 3.00. The molecule has 0 spiro atoms. The van der Waals surface area contributed by atoms with Crippen molar-refractivity contribution in [1.29, 1.82) is 0 Å². The van der Waals surface area contributed by atoms with Crippen LogP contribution in [0.3, 0.4) is 0 Å². The van der Waals surface area contributed by atoms with Gasteiger partial charge in [-0.25, -0.2) is 4.39 Å². The van der Waals surface area contributed by atoms with Gasteiger partial charge in [-0.05, 0) is 42.5 Å². The SMILES string of the molecule is Cn1cc(NC(=O)c2ccc(Cl)cc2NC(=O)c2ccc(F)cc2)cn1. The molecule has 1 heterocycles. The van der Waals surface area contributed by atoms with Crippen molar-refractivity contribution in [2.45, 2.75) is 0 Å². The van der Waals surface area contributed by atoms with Gasteiger partial charge in [-0.1, -0.05) is 11.6 Å². The van der Waals surface area contributed by atoms with Crippen molar-refractivity contribution < 1.29 is 14.0 Å². The monoisotopic (exact) mass is 372 g/mol. The van der Waals surface area contributed by atoms with Crippen LogP contribution in [0.15, 0.2) is 54.9 Å². The minimum atomic E-state index is -0.484. The van der Waals surface area contributed by atoms with Crippen molar-refractivity contribution in [3.05, 3.63) is 76.8 Å². The highest BCUT2D eigenvalue weighted by molar-refractivity contribution is 6.31. The van der Waals surface area contributed by atoms with E-state index in [4.69, 9.17) is 11.6 Å². The molecule has 2 amide bonds. The maximum absolute atomic E-state index is 13.0. The van der Waals surface area contributed by atoms with E-state index in [0.29, 0.717) is 10.7 Å². The van der Waals surface area contributed by atoms with Gasteiger partial charge in [0.15, 0.2) is 0 Å². The predicted octanol–water partition coefficient (Wildman–Crippen LogP) is 3.72. The first-order valence-corrected chi connectivity index (χ1v) is 7.96. The molecular weight excluding hydrogens is 359 g/mol. The lowest BCUT2D eigenvalue weighted by Crippen LogP contribution is -2.18. The van der Waals surface area contributed by atoms with Gasteiger partial charge in [0.2, 0.25) is 0 Å². The summed E-state index contributed by atoms with van der Waals surface area (Å²) in [6.45, 7) is 0. The standard InChI is InChI=1S/C18H14ClFN4O2/c1-24-10-14(9-21-24)22-18(26)15-7-4-12(19)8-16(15)23-17(25)11-2-5-13(20)6-3-11/h2-10H,1H3,(H,22,26)(H,23,25). The minimum Gasteiger partial charge on any atom is -0.321 e. The van der Waals surface area contributed by atoms with Crippen LogP contribution in [0.2, 0.25) is 5.02 Å². The topological polar surface area (TPSA) is 76.0 Å². The molecule has 3 rings (SSSR count). The van der Waals surface area contributed by atoms with E-state index in [0.717, 1.165) is 0 Å². The van der Waals surface area contributed by atoms with Gasteiger partial charge in [-0.15, -0.1) is 0 Å². The zero-order valence-corrected chi connectivity index (χ0v) is 14.4. The number of halogens is 2. The molecule has 0 saturated heterocycles. The lowest BCUT2D eigenvalue weighted by atomic mass is 10.1. The van der Waals surface area contributed by atoms with Crippen LogP contribution in [0.1, 0.15) is 20.7 Å². The lowest BCUT2D eigenvalue weighted by Gasteiger charge is -2.11. The number of amides is 2. The van der Waals surface area contributed by atoms with Crippen molar-refractivity contribution >= 4 is 34.8 Å². The predicted molar refractivity (Wildman–Crippen MR) is 97.0 cm³/mol. The third-order valence-corrected chi connectivity index (χ3v) is 3.78. The van der Waals surface area contributed by atoms with E-state index < -0.39 is 17.6 Å². The molecule has 2 aromatic carbocycles. The average molecular weight is 373 g/mol. The molecule has 0 saturated carbocycles. The van der Waals surface area contributed by atoms with Gasteiger partial charge in [-0.3, -0.25) is 14.3 Å². The Morgan fingerprint density at radius 3 is 2.46 bits per heavy atom. The van der Waals surface area contributed by atoms with Crippen LogP contribution in [0.4, 0.5) is 15.8 Å². The van der Waals surface area contributed by atoms with Gasteiger partial charge in [0, 0.05) is 23.8 Å². The van der Waals surface area contributed by atoms with Gasteiger partial charge in [0.05, 0.1) is 23.1 Å². The van der Waals surface area contributed by atoms with Crippen LogP contribution < -0.4 is 10.6 Å². The molecule has 1 aromatic heterocycles. The first-order valence-electron chi connectivity index (χ1n) is 7.59. The smallest absolute Gasteiger partial charge is 0.257 e. The zero-order valence-electron chi connectivity index (χ0n) is 13.7. The molecule has 0 bridgehead atoms. The lowest BCUT2D eigenvalue weighted by molar-refractivity contribution is 0.102. The summed E-state index contributed by atoms with van der Waals surface area (Å²) in [4.78, 5) is 24.9. The molecule has 0 atom stereocenters. The van der Waals surface area contributed by atoms with Crippen molar-refractivity contribution in [2.24, 2.45) is 7.05 Å². The van der Waals surface area contributed by atoms with Crippen LogP contribution in [-0.4, -0.2) is 21.6 Å². The van der Waals surface area contributed by atoms with Gasteiger partial charge in [0.1, 0.15) is 5.82 Å². The second-order valence-electron chi connectivity index (χ2n) is 5.51. The Bertz CT molecular complexity index is 970. The second-order valence-corrected chi connectivity index (χ2v) is 5.94. The molecule has 0 radical (unpaired) electrons. The largest absolute Gasteiger partial charge is 0.321 e. The molecule has 0 unspecified atom stereocenters. The fourth-order valence-electron chi connectivity index (χ4n) is 2.30. The molecule has 0 aliphatic heterocycles. The second kappa shape index (κ2) is 7.37. The molecule has 26 heavy (non-hydrogen) atoms. The molecule has 3 aromatic rings. The fourth-order valence-corrected chi connectivity index (χ4v) is 2.47. The first kappa shape index (κ1) is 17.6. The zero-order chi connectivity index (χ0) is 18.7. The number of anilines is 2. The number of carbonyl (C=O) groups excluding carboxylic acids is 2. The maximum Gasteiger partial charge on any atom is 0.257 e. The van der Waals surface area contributed by atoms with E-state index >= 15 is 0 Å². The third-order valence-electron chi connectivity index (χ3n) is 3.54. The summed E-state index contributed by atoms with van der Waals surface area (Å²) >= 11 is 5.99. The van der Waals surface area contributed by atoms with Crippen LogP contribution in [0.25, 0.3) is 0 Å². The first-order chi connectivity index (χ1) is 12.4. The molecule has 8 heteroatoms. The highest BCUT2D eigenvalue weighted by Gasteiger charge is 2.16. The van der Waals surface area contributed by atoms with Gasteiger partial charge in [-0.2, -0.15) is 5.10 Å². The minimum absolute atomic E-state index is 0.230. The maximum atomic E-state index is 13.0. The number of benzene rings is 2. The van der Waals surface area contributed by atoms with E-state index in [1.807, 2.05) is 0 Å². The Hall–Kier alpha value is -3.19. The highest BCUT2D eigenvalue weighted by Crippen LogP contribution is 2.23. The molecule has 132 valence electrons. The number of nitrogens with zero attached hydrogens (tertiary/aromatic N) is 2. The van der Waals surface area contributed by atoms with E-state index in [2.05, 4.69) is 15.7 Å².